The Hall–Kier alpha value is 0.200. The first-order chi connectivity index (χ1) is 4.45. The third-order valence-electron chi connectivity index (χ3n) is 0.719. The normalized spacial score (nSPS) is 11.2. The standard InChI is InChI=1S/C7H13IO2/c1-7(2,3)10-6(9)4-5-8/h4-5H2,1-3H3. The zero-order chi connectivity index (χ0) is 8.20. The Morgan fingerprint density at radius 1 is 1.50 bits per heavy atom. The average molecular weight is 256 g/mol. The summed E-state index contributed by atoms with van der Waals surface area (Å²) >= 11 is 2.15. The van der Waals surface area contributed by atoms with Crippen LogP contribution in [-0.2, 0) is 9.53 Å². The molecule has 10 heavy (non-hydrogen) atoms. The van der Waals surface area contributed by atoms with Crippen molar-refractivity contribution in [2.24, 2.45) is 0 Å². The lowest BCUT2D eigenvalue weighted by Crippen LogP contribution is -2.23. The van der Waals surface area contributed by atoms with E-state index in [1.807, 2.05) is 20.8 Å². The van der Waals surface area contributed by atoms with Crippen molar-refractivity contribution in [3.8, 4) is 0 Å². The first-order valence-corrected chi connectivity index (χ1v) is 4.76. The number of ether oxygens (including phenoxy) is 1. The second kappa shape index (κ2) is 4.16. The van der Waals surface area contributed by atoms with Gasteiger partial charge in [0.25, 0.3) is 0 Å². The fraction of sp³-hybridized carbons (Fsp3) is 0.857. The zero-order valence-electron chi connectivity index (χ0n) is 6.61. The summed E-state index contributed by atoms with van der Waals surface area (Å²) < 4.78 is 5.86. The largest absolute Gasteiger partial charge is 0.460 e. The van der Waals surface area contributed by atoms with Gasteiger partial charge in [0.1, 0.15) is 5.60 Å². The maximum atomic E-state index is 10.8. The second-order valence-corrected chi connectivity index (χ2v) is 4.10. The molecule has 0 unspecified atom stereocenters. The molecule has 0 saturated carbocycles. The highest BCUT2D eigenvalue weighted by molar-refractivity contribution is 14.1. The van der Waals surface area contributed by atoms with Crippen molar-refractivity contribution >= 4 is 28.6 Å². The van der Waals surface area contributed by atoms with Crippen molar-refractivity contribution in [2.45, 2.75) is 32.8 Å². The molecule has 0 aromatic heterocycles. The Kier molecular flexibility index (Phi) is 4.24. The summed E-state index contributed by atoms with van der Waals surface area (Å²) in [5, 5.41) is 0. The van der Waals surface area contributed by atoms with Crippen molar-refractivity contribution in [1.29, 1.82) is 0 Å². The van der Waals surface area contributed by atoms with Gasteiger partial charge < -0.3 is 4.74 Å². The Labute approximate surface area is 75.5 Å². The highest BCUT2D eigenvalue weighted by atomic mass is 127. The Balaban J connectivity index is 3.58. The first-order valence-electron chi connectivity index (χ1n) is 3.23. The highest BCUT2D eigenvalue weighted by Gasteiger charge is 2.14. The summed E-state index contributed by atoms with van der Waals surface area (Å²) in [5.74, 6) is -0.109. The number of carbonyl (C=O) groups excluding carboxylic acids is 1. The van der Waals surface area contributed by atoms with Gasteiger partial charge in [0, 0.05) is 4.43 Å². The number of alkyl halides is 1. The summed E-state index contributed by atoms with van der Waals surface area (Å²) in [6, 6.07) is 0. The predicted octanol–water partition coefficient (Wildman–Crippen LogP) is 2.15. The van der Waals surface area contributed by atoms with E-state index < -0.39 is 0 Å². The molecule has 0 aromatic rings. The van der Waals surface area contributed by atoms with Crippen LogP contribution < -0.4 is 0 Å². The molecule has 0 N–H and O–H groups in total. The number of hydrogen-bond donors (Lipinski definition) is 0. The SMILES string of the molecule is CC(C)(C)OC(=O)CCI. The number of esters is 1. The van der Waals surface area contributed by atoms with Gasteiger partial charge in [0.15, 0.2) is 0 Å². The minimum Gasteiger partial charge on any atom is -0.460 e. The molecule has 0 aliphatic heterocycles. The van der Waals surface area contributed by atoms with Crippen molar-refractivity contribution in [3.63, 3.8) is 0 Å². The van der Waals surface area contributed by atoms with Crippen LogP contribution in [0, 0.1) is 0 Å². The van der Waals surface area contributed by atoms with Crippen molar-refractivity contribution in [1.82, 2.24) is 0 Å². The van der Waals surface area contributed by atoms with Crippen LogP contribution in [0.2, 0.25) is 0 Å². The summed E-state index contributed by atoms with van der Waals surface area (Å²) in [7, 11) is 0. The van der Waals surface area contributed by atoms with Crippen LogP contribution in [0.25, 0.3) is 0 Å². The monoisotopic (exact) mass is 256 g/mol. The lowest BCUT2D eigenvalue weighted by molar-refractivity contribution is -0.154. The molecule has 0 bridgehead atoms. The summed E-state index contributed by atoms with van der Waals surface area (Å²) in [5.41, 5.74) is -0.330. The minimum absolute atomic E-state index is 0.109. The molecule has 0 atom stereocenters. The van der Waals surface area contributed by atoms with Crippen LogP contribution in [0.5, 0.6) is 0 Å². The smallest absolute Gasteiger partial charge is 0.307 e. The van der Waals surface area contributed by atoms with E-state index in [1.165, 1.54) is 0 Å². The van der Waals surface area contributed by atoms with Crippen LogP contribution in [-0.4, -0.2) is 16.0 Å². The highest BCUT2D eigenvalue weighted by Crippen LogP contribution is 2.08. The van der Waals surface area contributed by atoms with Gasteiger partial charge in [-0.15, -0.1) is 0 Å². The van der Waals surface area contributed by atoms with Crippen LogP contribution in [0.1, 0.15) is 27.2 Å². The molecule has 0 spiro atoms. The second-order valence-electron chi connectivity index (χ2n) is 3.03. The van der Waals surface area contributed by atoms with Crippen LogP contribution in [0.4, 0.5) is 0 Å². The lowest BCUT2D eigenvalue weighted by atomic mass is 10.2. The maximum Gasteiger partial charge on any atom is 0.307 e. The van der Waals surface area contributed by atoms with Crippen molar-refractivity contribution < 1.29 is 9.53 Å². The van der Waals surface area contributed by atoms with Crippen molar-refractivity contribution in [3.05, 3.63) is 0 Å². The molecule has 0 aliphatic carbocycles. The summed E-state index contributed by atoms with van der Waals surface area (Å²) in [6.45, 7) is 5.62. The summed E-state index contributed by atoms with van der Waals surface area (Å²) in [4.78, 5) is 10.8. The first kappa shape index (κ1) is 10.2. The molecule has 0 aromatic carbocycles. The Bertz CT molecular complexity index is 115. The molecule has 0 fully saturated rings. The van der Waals surface area contributed by atoms with Crippen LogP contribution in [0.15, 0.2) is 0 Å². The number of rotatable bonds is 2. The average Bonchev–Trinajstić information content (AvgIpc) is 1.59. The number of halogens is 1. The predicted molar refractivity (Wildman–Crippen MR) is 49.3 cm³/mol. The zero-order valence-corrected chi connectivity index (χ0v) is 8.77. The van der Waals surface area contributed by atoms with Crippen LogP contribution >= 0.6 is 22.6 Å². The molecule has 0 rings (SSSR count). The van der Waals surface area contributed by atoms with E-state index in [-0.39, 0.29) is 11.6 Å². The molecule has 0 saturated heterocycles. The molecule has 0 heterocycles. The molecule has 60 valence electrons. The van der Waals surface area contributed by atoms with Gasteiger partial charge >= 0.3 is 5.97 Å². The number of carbonyl (C=O) groups is 1. The van der Waals surface area contributed by atoms with E-state index in [1.54, 1.807) is 0 Å². The van der Waals surface area contributed by atoms with Gasteiger partial charge in [-0.2, -0.15) is 0 Å². The molecule has 0 aliphatic rings. The van der Waals surface area contributed by atoms with Crippen LogP contribution in [0.3, 0.4) is 0 Å². The van der Waals surface area contributed by atoms with E-state index in [2.05, 4.69) is 22.6 Å². The lowest BCUT2D eigenvalue weighted by Gasteiger charge is -2.18. The molecule has 3 heteroatoms. The van der Waals surface area contributed by atoms with E-state index in [0.717, 1.165) is 4.43 Å². The van der Waals surface area contributed by atoms with Gasteiger partial charge in [-0.1, -0.05) is 22.6 Å². The van der Waals surface area contributed by atoms with E-state index >= 15 is 0 Å². The number of hydrogen-bond acceptors (Lipinski definition) is 2. The fourth-order valence-corrected chi connectivity index (χ4v) is 0.910. The minimum atomic E-state index is -0.330. The van der Waals surface area contributed by atoms with Gasteiger partial charge in [-0.3, -0.25) is 4.79 Å². The maximum absolute atomic E-state index is 10.8. The van der Waals surface area contributed by atoms with E-state index in [0.29, 0.717) is 6.42 Å². The third-order valence-corrected chi connectivity index (χ3v) is 1.26. The summed E-state index contributed by atoms with van der Waals surface area (Å²) in [6.07, 6.45) is 0.512. The van der Waals surface area contributed by atoms with Gasteiger partial charge in [0.05, 0.1) is 6.42 Å². The van der Waals surface area contributed by atoms with Gasteiger partial charge in [-0.25, -0.2) is 0 Å². The topological polar surface area (TPSA) is 26.3 Å². The molecule has 0 amide bonds. The molecule has 2 nitrogen and oxygen atoms in total. The van der Waals surface area contributed by atoms with E-state index in [4.69, 9.17) is 4.74 Å². The van der Waals surface area contributed by atoms with Gasteiger partial charge in [0.2, 0.25) is 0 Å². The molecule has 0 radical (unpaired) electrons. The molecular formula is C7H13IO2. The molecular weight excluding hydrogens is 243 g/mol. The van der Waals surface area contributed by atoms with Crippen molar-refractivity contribution in [2.75, 3.05) is 4.43 Å². The fourth-order valence-electron chi connectivity index (χ4n) is 0.470. The third kappa shape index (κ3) is 6.32. The van der Waals surface area contributed by atoms with Gasteiger partial charge in [-0.05, 0) is 20.8 Å². The Morgan fingerprint density at radius 3 is 2.30 bits per heavy atom. The quantitative estimate of drug-likeness (QED) is 0.430. The Morgan fingerprint density at radius 2 is 2.00 bits per heavy atom. The van der Waals surface area contributed by atoms with E-state index in [9.17, 15) is 4.79 Å².